The van der Waals surface area contributed by atoms with E-state index in [2.05, 4.69) is 16.1 Å². The van der Waals surface area contributed by atoms with E-state index in [1.54, 1.807) is 5.32 Å². The van der Waals surface area contributed by atoms with E-state index in [1.807, 2.05) is 0 Å². The number of amides is 1. The Bertz CT molecular complexity index is 959. The second kappa shape index (κ2) is 11.3. The monoisotopic (exact) mass is 585 g/mol. The minimum absolute atomic E-state index is 0.125. The number of hydrogen-bond acceptors (Lipinski definition) is 6. The van der Waals surface area contributed by atoms with Gasteiger partial charge in [-0.1, -0.05) is 25.8 Å². The van der Waals surface area contributed by atoms with Crippen molar-refractivity contribution in [2.75, 3.05) is 6.61 Å². The fourth-order valence-electron chi connectivity index (χ4n) is 3.09. The number of hydrogen-bond donors (Lipinski definition) is 2. The highest BCUT2D eigenvalue weighted by Crippen LogP contribution is 2.42. The van der Waals surface area contributed by atoms with Crippen LogP contribution in [0.25, 0.3) is 0 Å². The smallest absolute Gasteiger partial charge is 0.412 e. The van der Waals surface area contributed by atoms with Crippen LogP contribution in [0, 0.1) is 0 Å². The zero-order chi connectivity index (χ0) is 29.1. The number of ether oxygens (including phenoxy) is 2. The summed E-state index contributed by atoms with van der Waals surface area (Å²) < 4.78 is 171. The van der Waals surface area contributed by atoms with E-state index in [9.17, 15) is 61.9 Å². The summed E-state index contributed by atoms with van der Waals surface area (Å²) in [6.45, 7) is 0.451. The first-order valence-corrected chi connectivity index (χ1v) is 11.7. The van der Waals surface area contributed by atoms with E-state index < -0.39 is 82.4 Å². The lowest BCUT2D eigenvalue weighted by Crippen LogP contribution is -2.63. The number of carbonyl (C=O) groups is 2. The Hall–Kier alpha value is -2.15. The minimum atomic E-state index is -6.67. The van der Waals surface area contributed by atoms with Crippen LogP contribution >= 0.6 is 0 Å². The molecule has 1 aliphatic rings. The lowest BCUT2D eigenvalue weighted by Gasteiger charge is -2.35. The van der Waals surface area contributed by atoms with E-state index in [-0.39, 0.29) is 12.8 Å². The molecule has 1 saturated carbocycles. The van der Waals surface area contributed by atoms with Gasteiger partial charge in [0.05, 0.1) is 6.61 Å². The Morgan fingerprint density at radius 2 is 1.46 bits per heavy atom. The fraction of sp³-hybridized carbons (Fsp3) is 0.778. The van der Waals surface area contributed by atoms with E-state index in [0.29, 0.717) is 19.3 Å². The van der Waals surface area contributed by atoms with Crippen LogP contribution in [0.1, 0.15) is 44.9 Å². The quantitative estimate of drug-likeness (QED) is 0.0929. The molecule has 0 aliphatic heterocycles. The summed E-state index contributed by atoms with van der Waals surface area (Å²) in [6, 6.07) is -0.964. The van der Waals surface area contributed by atoms with Crippen LogP contribution in [0.4, 0.5) is 43.9 Å². The second-order valence-corrected chi connectivity index (χ2v) is 9.40. The van der Waals surface area contributed by atoms with E-state index in [0.717, 1.165) is 0 Å². The molecule has 37 heavy (non-hydrogen) atoms. The van der Waals surface area contributed by atoms with Gasteiger partial charge in [0.1, 0.15) is 5.57 Å². The fourth-order valence-corrected chi connectivity index (χ4v) is 3.57. The summed E-state index contributed by atoms with van der Waals surface area (Å²) in [5, 5.41) is -4.27. The molecule has 8 nitrogen and oxygen atoms in total. The third kappa shape index (κ3) is 7.68. The molecule has 0 heterocycles. The van der Waals surface area contributed by atoms with Gasteiger partial charge in [0.25, 0.3) is 0 Å². The Labute approximate surface area is 203 Å². The van der Waals surface area contributed by atoms with Gasteiger partial charge >= 0.3 is 51.3 Å². The molecule has 1 rings (SSSR count). The molecule has 2 N–H and O–H groups in total. The normalized spacial score (nSPS) is 18.1. The van der Waals surface area contributed by atoms with Crippen molar-refractivity contribution in [2.45, 2.75) is 80.3 Å². The molecule has 0 bridgehead atoms. The highest BCUT2D eigenvalue weighted by molar-refractivity contribution is 7.87. The molecule has 0 spiro atoms. The zero-order valence-electron chi connectivity index (χ0n) is 18.5. The lowest BCUT2D eigenvalue weighted by molar-refractivity contribution is -0.348. The summed E-state index contributed by atoms with van der Waals surface area (Å²) in [6.07, 6.45) is -13.8. The molecule has 216 valence electrons. The molecule has 19 heteroatoms. The van der Waals surface area contributed by atoms with Crippen molar-refractivity contribution in [3.05, 3.63) is 12.2 Å². The summed E-state index contributed by atoms with van der Waals surface area (Å²) in [4.78, 5) is 24.3. The van der Waals surface area contributed by atoms with Crippen LogP contribution in [0.5, 0.6) is 0 Å². The maximum absolute atomic E-state index is 14.0. The van der Waals surface area contributed by atoms with Gasteiger partial charge in [-0.25, -0.2) is 4.79 Å². The predicted octanol–water partition coefficient (Wildman–Crippen LogP) is 4.27. The number of carbonyl (C=O) groups excluding carboxylic acids is 2. The molecule has 0 aromatic heterocycles. The van der Waals surface area contributed by atoms with Crippen molar-refractivity contribution < 1.29 is 75.9 Å². The largest absolute Gasteiger partial charge is 0.466 e. The van der Waals surface area contributed by atoms with Crippen molar-refractivity contribution >= 4 is 22.0 Å². The molecule has 1 fully saturated rings. The van der Waals surface area contributed by atoms with Crippen molar-refractivity contribution in [1.29, 1.82) is 0 Å². The van der Waals surface area contributed by atoms with Gasteiger partial charge < -0.3 is 14.8 Å². The standard InChI is InChI=1S/C18H21F10NO7S/c1-10(16(21,22)23)12(30)36-15(17(24,25)26,13(31)29-11-6-3-2-4-7-11)35-9-5-8-14(19,20)18(27,28)37(32,33)34/h11H,1-9H2,(H,29,31)(H,32,33,34). The van der Waals surface area contributed by atoms with Crippen molar-refractivity contribution in [1.82, 2.24) is 5.32 Å². The molecule has 1 unspecified atom stereocenters. The maximum atomic E-state index is 14.0. The second-order valence-electron chi connectivity index (χ2n) is 7.94. The average molecular weight is 585 g/mol. The van der Waals surface area contributed by atoms with Crippen molar-refractivity contribution in [3.63, 3.8) is 0 Å². The molecule has 1 amide bonds. The van der Waals surface area contributed by atoms with E-state index in [4.69, 9.17) is 4.55 Å². The Balaban J connectivity index is 3.26. The number of esters is 1. The van der Waals surface area contributed by atoms with Crippen LogP contribution < -0.4 is 5.32 Å². The number of nitrogens with one attached hydrogen (secondary N) is 1. The predicted molar refractivity (Wildman–Crippen MR) is 102 cm³/mol. The van der Waals surface area contributed by atoms with E-state index >= 15 is 0 Å². The van der Waals surface area contributed by atoms with Crippen LogP contribution in [-0.2, 0) is 29.2 Å². The topological polar surface area (TPSA) is 119 Å². The lowest BCUT2D eigenvalue weighted by atomic mass is 9.95. The molecule has 0 aromatic carbocycles. The third-order valence-corrected chi connectivity index (χ3v) is 6.07. The highest BCUT2D eigenvalue weighted by Gasteiger charge is 2.68. The molecule has 0 radical (unpaired) electrons. The molecular formula is C18H21F10NO7S. The van der Waals surface area contributed by atoms with Gasteiger partial charge in [-0.3, -0.25) is 9.35 Å². The van der Waals surface area contributed by atoms with Gasteiger partial charge in [-0.05, 0) is 19.3 Å². The van der Waals surface area contributed by atoms with Gasteiger partial charge in [-0.15, -0.1) is 0 Å². The summed E-state index contributed by atoms with van der Waals surface area (Å²) in [5.74, 6) is -15.6. The molecule has 1 atom stereocenters. The first kappa shape index (κ1) is 32.9. The van der Waals surface area contributed by atoms with E-state index in [1.165, 1.54) is 0 Å². The van der Waals surface area contributed by atoms with Crippen molar-refractivity contribution in [2.24, 2.45) is 0 Å². The zero-order valence-corrected chi connectivity index (χ0v) is 19.3. The molecule has 0 aromatic rings. The van der Waals surface area contributed by atoms with Crippen LogP contribution in [0.15, 0.2) is 12.2 Å². The number of rotatable bonds is 11. The first-order valence-electron chi connectivity index (χ1n) is 10.2. The summed E-state index contributed by atoms with van der Waals surface area (Å²) >= 11 is 0. The number of alkyl halides is 10. The first-order chi connectivity index (χ1) is 16.5. The Morgan fingerprint density at radius 3 is 1.89 bits per heavy atom. The van der Waals surface area contributed by atoms with Crippen molar-refractivity contribution in [3.8, 4) is 0 Å². The van der Waals surface area contributed by atoms with Gasteiger partial charge in [0.15, 0.2) is 0 Å². The average Bonchev–Trinajstić information content (AvgIpc) is 2.73. The SMILES string of the molecule is C=C(C(=O)OC(OCCCC(F)(F)C(F)(F)S(=O)(=O)O)(C(=O)NC1CCCCC1)C(F)(F)F)C(F)(F)F. The molecule has 0 saturated heterocycles. The van der Waals surface area contributed by atoms with Crippen LogP contribution in [0.3, 0.4) is 0 Å². The number of halogens is 10. The van der Waals surface area contributed by atoms with Gasteiger partial charge in [0.2, 0.25) is 0 Å². The summed E-state index contributed by atoms with van der Waals surface area (Å²) in [5.41, 5.74) is -2.49. The minimum Gasteiger partial charge on any atom is -0.412 e. The van der Waals surface area contributed by atoms with Crippen LogP contribution in [-0.4, -0.2) is 66.8 Å². The Morgan fingerprint density at radius 1 is 0.946 bits per heavy atom. The molecule has 1 aliphatic carbocycles. The third-order valence-electron chi connectivity index (χ3n) is 5.13. The highest BCUT2D eigenvalue weighted by atomic mass is 32.2. The van der Waals surface area contributed by atoms with Crippen LogP contribution in [0.2, 0.25) is 0 Å². The summed E-state index contributed by atoms with van der Waals surface area (Å²) in [7, 11) is -6.67. The van der Waals surface area contributed by atoms with Gasteiger partial charge in [-0.2, -0.15) is 52.3 Å². The van der Waals surface area contributed by atoms with Gasteiger partial charge in [0, 0.05) is 12.5 Å². The Kier molecular flexibility index (Phi) is 10.0. The molecular weight excluding hydrogens is 564 g/mol. The maximum Gasteiger partial charge on any atom is 0.466 e.